The van der Waals surface area contributed by atoms with Crippen LogP contribution in [-0.4, -0.2) is 31.4 Å². The Morgan fingerprint density at radius 2 is 1.91 bits per heavy atom. The minimum Gasteiger partial charge on any atom is -0.495 e. The molecule has 4 aromatic rings. The molecule has 1 atom stereocenters. The summed E-state index contributed by atoms with van der Waals surface area (Å²) in [5.74, 6) is 0.669. The highest BCUT2D eigenvalue weighted by Gasteiger charge is 2.26. The van der Waals surface area contributed by atoms with Crippen LogP contribution in [0.2, 0.25) is 0 Å². The zero-order valence-corrected chi connectivity index (χ0v) is 18.4. The zero-order valence-electron chi connectivity index (χ0n) is 18.4. The fraction of sp³-hybridized carbons (Fsp3) is 0.240. The van der Waals surface area contributed by atoms with E-state index in [4.69, 9.17) is 4.74 Å². The van der Waals surface area contributed by atoms with Crippen LogP contribution < -0.4 is 4.74 Å². The number of imidazole rings is 1. The molecule has 168 valence electrons. The van der Waals surface area contributed by atoms with E-state index in [1.807, 2.05) is 52.7 Å². The van der Waals surface area contributed by atoms with Crippen LogP contribution in [0.5, 0.6) is 5.75 Å². The van der Waals surface area contributed by atoms with Gasteiger partial charge in [-0.1, -0.05) is 12.1 Å². The highest BCUT2D eigenvalue weighted by molar-refractivity contribution is 5.69. The van der Waals surface area contributed by atoms with E-state index in [-0.39, 0.29) is 5.92 Å². The summed E-state index contributed by atoms with van der Waals surface area (Å²) < 4.78 is 36.9. The number of methoxy groups -OCH3 is 1. The van der Waals surface area contributed by atoms with E-state index in [1.54, 1.807) is 13.4 Å². The molecule has 0 aliphatic carbocycles. The summed E-state index contributed by atoms with van der Waals surface area (Å²) in [5, 5.41) is 4.58. The fourth-order valence-electron chi connectivity index (χ4n) is 4.27. The van der Waals surface area contributed by atoms with Crippen molar-refractivity contribution in [3.63, 3.8) is 0 Å². The lowest BCUT2D eigenvalue weighted by molar-refractivity contribution is 0.413. The van der Waals surface area contributed by atoms with Crippen LogP contribution in [0.25, 0.3) is 17.8 Å². The minimum atomic E-state index is -0.579. The first-order valence-electron chi connectivity index (χ1n) is 10.8. The number of hydrogen-bond acceptors (Lipinski definition) is 4. The van der Waals surface area contributed by atoms with Gasteiger partial charge in [-0.05, 0) is 61.2 Å². The van der Waals surface area contributed by atoms with Crippen LogP contribution in [0.1, 0.15) is 47.2 Å². The molecule has 0 N–H and O–H groups in total. The van der Waals surface area contributed by atoms with Crippen LogP contribution in [0.15, 0.2) is 48.9 Å². The molecule has 1 aliphatic rings. The number of fused-ring (bicyclic) bond motifs is 1. The van der Waals surface area contributed by atoms with Gasteiger partial charge >= 0.3 is 0 Å². The van der Waals surface area contributed by atoms with Crippen molar-refractivity contribution in [3.8, 4) is 11.4 Å². The molecule has 0 radical (unpaired) electrons. The van der Waals surface area contributed by atoms with Crippen LogP contribution in [0.3, 0.4) is 0 Å². The van der Waals surface area contributed by atoms with Crippen molar-refractivity contribution in [1.82, 2.24) is 24.3 Å². The molecule has 2 aromatic heterocycles. The van der Waals surface area contributed by atoms with E-state index >= 15 is 0 Å². The number of hydrogen-bond donors (Lipinski definition) is 0. The predicted octanol–water partition coefficient (Wildman–Crippen LogP) is 5.16. The van der Waals surface area contributed by atoms with E-state index in [0.717, 1.165) is 54.0 Å². The lowest BCUT2D eigenvalue weighted by atomic mass is 9.91. The highest BCUT2D eigenvalue weighted by Crippen LogP contribution is 2.33. The van der Waals surface area contributed by atoms with Crippen molar-refractivity contribution in [2.75, 3.05) is 7.11 Å². The molecule has 0 bridgehead atoms. The molecule has 0 spiro atoms. The van der Waals surface area contributed by atoms with Gasteiger partial charge < -0.3 is 9.30 Å². The summed E-state index contributed by atoms with van der Waals surface area (Å²) in [6.45, 7) is 2.67. The molecule has 0 fully saturated rings. The monoisotopic (exact) mass is 447 g/mol. The first-order valence-corrected chi connectivity index (χ1v) is 10.8. The first kappa shape index (κ1) is 21.1. The molecule has 5 rings (SSSR count). The average Bonchev–Trinajstić information content (AvgIpc) is 3.42. The predicted molar refractivity (Wildman–Crippen MR) is 121 cm³/mol. The third kappa shape index (κ3) is 4.28. The van der Waals surface area contributed by atoms with E-state index < -0.39 is 11.6 Å². The Bertz CT molecular complexity index is 1320. The Kier molecular flexibility index (Phi) is 5.50. The van der Waals surface area contributed by atoms with Gasteiger partial charge in [-0.2, -0.15) is 5.10 Å². The second-order valence-electron chi connectivity index (χ2n) is 8.14. The number of nitrogens with zero attached hydrogens (tertiary/aromatic N) is 5. The summed E-state index contributed by atoms with van der Waals surface area (Å²) in [5.41, 5.74) is 3.35. The third-order valence-corrected chi connectivity index (χ3v) is 5.80. The molecule has 1 unspecified atom stereocenters. The van der Waals surface area contributed by atoms with Gasteiger partial charge in [-0.25, -0.2) is 23.4 Å². The van der Waals surface area contributed by atoms with E-state index in [2.05, 4.69) is 15.1 Å². The maximum Gasteiger partial charge on any atom is 0.174 e. The highest BCUT2D eigenvalue weighted by atomic mass is 19.1. The number of aryl methyl sites for hydroxylation is 2. The van der Waals surface area contributed by atoms with Gasteiger partial charge in [0.25, 0.3) is 0 Å². The number of ether oxygens (including phenoxy) is 1. The molecule has 6 nitrogen and oxygen atoms in total. The largest absolute Gasteiger partial charge is 0.495 e. The minimum absolute atomic E-state index is 0.184. The van der Waals surface area contributed by atoms with Crippen LogP contribution >= 0.6 is 0 Å². The summed E-state index contributed by atoms with van der Waals surface area (Å²) >= 11 is 0. The van der Waals surface area contributed by atoms with Gasteiger partial charge in [-0.3, -0.25) is 0 Å². The lowest BCUT2D eigenvalue weighted by Gasteiger charge is -2.22. The Labute approximate surface area is 190 Å². The fourth-order valence-corrected chi connectivity index (χ4v) is 4.27. The number of benzene rings is 2. The van der Waals surface area contributed by atoms with Crippen LogP contribution in [0.4, 0.5) is 8.78 Å². The summed E-state index contributed by atoms with van der Waals surface area (Å²) in [6, 6.07) is 9.54. The van der Waals surface area contributed by atoms with Crippen LogP contribution in [0, 0.1) is 18.6 Å². The molecule has 0 amide bonds. The van der Waals surface area contributed by atoms with Gasteiger partial charge in [-0.15, -0.1) is 0 Å². The lowest BCUT2D eigenvalue weighted by Crippen LogP contribution is -2.18. The van der Waals surface area contributed by atoms with Crippen molar-refractivity contribution in [1.29, 1.82) is 0 Å². The van der Waals surface area contributed by atoms with Gasteiger partial charge in [0.05, 0.1) is 24.8 Å². The Morgan fingerprint density at radius 1 is 1.09 bits per heavy atom. The molecule has 2 aromatic carbocycles. The smallest absolute Gasteiger partial charge is 0.174 e. The second-order valence-corrected chi connectivity index (χ2v) is 8.14. The van der Waals surface area contributed by atoms with Crippen molar-refractivity contribution >= 4 is 12.2 Å². The molecule has 0 saturated carbocycles. The number of aromatic nitrogens is 5. The van der Waals surface area contributed by atoms with Crippen molar-refractivity contribution in [2.24, 2.45) is 0 Å². The normalized spacial score (nSPS) is 15.7. The van der Waals surface area contributed by atoms with E-state index in [9.17, 15) is 8.78 Å². The second kappa shape index (κ2) is 8.61. The topological polar surface area (TPSA) is 57.8 Å². The molecule has 1 aliphatic heterocycles. The molecular weight excluding hydrogens is 424 g/mol. The Hall–Kier alpha value is -3.81. The van der Waals surface area contributed by atoms with Crippen molar-refractivity contribution < 1.29 is 13.5 Å². The Balaban J connectivity index is 1.41. The third-order valence-electron chi connectivity index (χ3n) is 5.80. The number of halogens is 2. The standard InChI is InChI=1S/C25H23F2N5O/c1-16-14-31(15-28-16)22-7-5-17(10-23(22)33-2)6-8-24-29-25-21(4-3-9-32(25)30-24)18-11-19(26)13-20(27)12-18/h5-8,10-15,21H,3-4,9H2,1-2H3. The van der Waals surface area contributed by atoms with Gasteiger partial charge in [0.15, 0.2) is 5.82 Å². The molecule has 3 heterocycles. The van der Waals surface area contributed by atoms with Gasteiger partial charge in [0.1, 0.15) is 23.2 Å². The quantitative estimate of drug-likeness (QED) is 0.424. The maximum absolute atomic E-state index is 13.8. The summed E-state index contributed by atoms with van der Waals surface area (Å²) in [7, 11) is 1.64. The number of rotatable bonds is 5. The maximum atomic E-state index is 13.8. The van der Waals surface area contributed by atoms with Gasteiger partial charge in [0, 0.05) is 24.7 Å². The summed E-state index contributed by atoms with van der Waals surface area (Å²) in [4.78, 5) is 8.94. The van der Waals surface area contributed by atoms with E-state index in [1.165, 1.54) is 12.1 Å². The Morgan fingerprint density at radius 3 is 2.64 bits per heavy atom. The first-order chi connectivity index (χ1) is 16.0. The summed E-state index contributed by atoms with van der Waals surface area (Å²) in [6.07, 6.45) is 9.09. The van der Waals surface area contributed by atoms with Gasteiger partial charge in [0.2, 0.25) is 0 Å². The SMILES string of the molecule is COc1cc(C=Cc2nc3n(n2)CCCC3c2cc(F)cc(F)c2)ccc1-n1cnc(C)c1. The van der Waals surface area contributed by atoms with Crippen molar-refractivity contribution in [2.45, 2.75) is 32.2 Å². The zero-order chi connectivity index (χ0) is 22.9. The average molecular weight is 447 g/mol. The van der Waals surface area contributed by atoms with E-state index in [0.29, 0.717) is 11.4 Å². The molecule has 33 heavy (non-hydrogen) atoms. The van der Waals surface area contributed by atoms with Crippen molar-refractivity contribution in [3.05, 3.63) is 89.0 Å². The molecule has 8 heteroatoms. The molecular formula is C25H23F2N5O. The molecule has 0 saturated heterocycles. The van der Waals surface area contributed by atoms with Crippen LogP contribution in [-0.2, 0) is 6.54 Å².